The molecule has 9 nitrogen and oxygen atoms in total. The van der Waals surface area contributed by atoms with Crippen LogP contribution in [0.25, 0.3) is 10.9 Å². The lowest BCUT2D eigenvalue weighted by Crippen LogP contribution is -2.52. The van der Waals surface area contributed by atoms with Crippen molar-refractivity contribution in [1.82, 2.24) is 24.7 Å². The molecule has 3 aromatic rings. The van der Waals surface area contributed by atoms with Gasteiger partial charge in [0.2, 0.25) is 10.0 Å². The van der Waals surface area contributed by atoms with Gasteiger partial charge in [-0.05, 0) is 67.9 Å². The molecule has 5 rings (SSSR count). The SMILES string of the molecule is Cn1ncc2cc(C3CCC(OC[C@@H]4CN(c5cccnn5)CC[C@@H]4NS(C)(=O)=O)CC3)ccc21. The number of nitrogens with zero attached hydrogens (tertiary/aromatic N) is 5. The number of fused-ring (bicyclic) bond motifs is 1. The third-order valence-corrected chi connectivity index (χ3v) is 8.17. The molecule has 2 aliphatic rings. The van der Waals surface area contributed by atoms with Crippen LogP contribution in [0.4, 0.5) is 5.82 Å². The average molecular weight is 499 g/mol. The Labute approximate surface area is 206 Å². The summed E-state index contributed by atoms with van der Waals surface area (Å²) in [6, 6.07) is 10.4. The highest BCUT2D eigenvalue weighted by atomic mass is 32.2. The first-order chi connectivity index (χ1) is 16.9. The summed E-state index contributed by atoms with van der Waals surface area (Å²) in [7, 11) is -1.32. The molecule has 1 aromatic carbocycles. The molecule has 0 unspecified atom stereocenters. The Bertz CT molecular complexity index is 1240. The van der Waals surface area contributed by atoms with Gasteiger partial charge in [0.05, 0.1) is 30.7 Å². The van der Waals surface area contributed by atoms with Crippen molar-refractivity contribution in [1.29, 1.82) is 0 Å². The van der Waals surface area contributed by atoms with Crippen LogP contribution in [-0.4, -0.2) is 66.5 Å². The Morgan fingerprint density at radius 1 is 1.14 bits per heavy atom. The summed E-state index contributed by atoms with van der Waals surface area (Å²) in [5.74, 6) is 1.41. The van der Waals surface area contributed by atoms with Gasteiger partial charge >= 0.3 is 0 Å². The van der Waals surface area contributed by atoms with Crippen molar-refractivity contribution in [3.63, 3.8) is 0 Å². The minimum Gasteiger partial charge on any atom is -0.378 e. The molecule has 3 heterocycles. The second-order valence-corrected chi connectivity index (χ2v) is 11.7. The maximum Gasteiger partial charge on any atom is 0.208 e. The van der Waals surface area contributed by atoms with E-state index in [1.807, 2.05) is 30.1 Å². The second kappa shape index (κ2) is 10.2. The molecule has 0 spiro atoms. The van der Waals surface area contributed by atoms with Gasteiger partial charge in [-0.25, -0.2) is 13.1 Å². The molecule has 0 amide bonds. The largest absolute Gasteiger partial charge is 0.378 e. The summed E-state index contributed by atoms with van der Waals surface area (Å²) < 4.78 is 35.1. The summed E-state index contributed by atoms with van der Waals surface area (Å²) in [5.41, 5.74) is 2.54. The van der Waals surface area contributed by atoms with Gasteiger partial charge in [0, 0.05) is 43.7 Å². The molecular formula is C25H34N6O3S. The molecule has 188 valence electrons. The first kappa shape index (κ1) is 24.1. The number of ether oxygens (including phenoxy) is 1. The number of nitrogens with one attached hydrogen (secondary N) is 1. The number of hydrogen-bond acceptors (Lipinski definition) is 7. The predicted octanol–water partition coefficient (Wildman–Crippen LogP) is 2.85. The normalized spacial score (nSPS) is 25.7. The fraction of sp³-hybridized carbons (Fsp3) is 0.560. The molecule has 1 N–H and O–H groups in total. The molecule has 2 atom stereocenters. The smallest absolute Gasteiger partial charge is 0.208 e. The van der Waals surface area contributed by atoms with Crippen molar-refractivity contribution >= 4 is 26.7 Å². The number of aromatic nitrogens is 4. The molecule has 1 saturated carbocycles. The van der Waals surface area contributed by atoms with Gasteiger partial charge in [-0.2, -0.15) is 10.2 Å². The van der Waals surface area contributed by atoms with Crippen molar-refractivity contribution < 1.29 is 13.2 Å². The summed E-state index contributed by atoms with van der Waals surface area (Å²) >= 11 is 0. The monoisotopic (exact) mass is 498 g/mol. The van der Waals surface area contributed by atoms with Crippen LogP contribution in [0.3, 0.4) is 0 Å². The van der Waals surface area contributed by atoms with Crippen LogP contribution in [0.1, 0.15) is 43.6 Å². The first-order valence-electron chi connectivity index (χ1n) is 12.4. The Morgan fingerprint density at radius 2 is 1.97 bits per heavy atom. The van der Waals surface area contributed by atoms with Crippen molar-refractivity contribution in [3.05, 3.63) is 48.3 Å². The molecule has 1 aliphatic carbocycles. The van der Waals surface area contributed by atoms with Crippen LogP contribution < -0.4 is 9.62 Å². The van der Waals surface area contributed by atoms with Gasteiger partial charge in [-0.15, -0.1) is 5.10 Å². The number of benzene rings is 1. The zero-order valence-corrected chi connectivity index (χ0v) is 21.2. The van der Waals surface area contributed by atoms with E-state index in [0.29, 0.717) is 25.5 Å². The van der Waals surface area contributed by atoms with Crippen molar-refractivity contribution in [2.75, 3.05) is 30.9 Å². The van der Waals surface area contributed by atoms with E-state index in [-0.39, 0.29) is 18.1 Å². The van der Waals surface area contributed by atoms with Crippen LogP contribution in [0.2, 0.25) is 0 Å². The van der Waals surface area contributed by atoms with Gasteiger partial charge in [0.25, 0.3) is 0 Å². The van der Waals surface area contributed by atoms with E-state index >= 15 is 0 Å². The van der Waals surface area contributed by atoms with Crippen LogP contribution in [0.5, 0.6) is 0 Å². The average Bonchev–Trinajstić information content (AvgIpc) is 3.23. The minimum absolute atomic E-state index is 0.0474. The number of sulfonamides is 1. The van der Waals surface area contributed by atoms with Gasteiger partial charge in [-0.1, -0.05) is 6.07 Å². The topological polar surface area (TPSA) is 102 Å². The van der Waals surface area contributed by atoms with Crippen molar-refractivity contribution in [2.45, 2.75) is 50.2 Å². The quantitative estimate of drug-likeness (QED) is 0.534. The number of hydrogen-bond donors (Lipinski definition) is 1. The Balaban J connectivity index is 1.18. The highest BCUT2D eigenvalue weighted by Gasteiger charge is 2.33. The molecule has 2 fully saturated rings. The van der Waals surface area contributed by atoms with Crippen LogP contribution in [-0.2, 0) is 21.8 Å². The lowest BCUT2D eigenvalue weighted by molar-refractivity contribution is -0.00213. The van der Waals surface area contributed by atoms with E-state index in [9.17, 15) is 8.42 Å². The standard InChI is InChI=1S/C25H34N6O3S/c1-30-24-10-7-19(14-20(24)15-27-30)18-5-8-22(9-6-18)34-17-21-16-31(25-4-3-12-26-28-25)13-11-23(21)29-35(2,32)33/h3-4,7,10,12,14-15,18,21-23,29H,5-6,8-9,11,13,16-17H2,1-2H3/t18?,21-,22?,23-/m0/s1. The molecule has 2 aromatic heterocycles. The zero-order chi connectivity index (χ0) is 24.4. The molecular weight excluding hydrogens is 464 g/mol. The summed E-state index contributed by atoms with van der Waals surface area (Å²) in [4.78, 5) is 2.17. The van der Waals surface area contributed by atoms with Crippen molar-refractivity contribution in [2.24, 2.45) is 13.0 Å². The van der Waals surface area contributed by atoms with Crippen molar-refractivity contribution in [3.8, 4) is 0 Å². The molecule has 0 bridgehead atoms. The highest BCUT2D eigenvalue weighted by Crippen LogP contribution is 2.35. The van der Waals surface area contributed by atoms with Gasteiger partial charge in [-0.3, -0.25) is 4.68 Å². The van der Waals surface area contributed by atoms with E-state index in [0.717, 1.165) is 43.6 Å². The summed E-state index contributed by atoms with van der Waals surface area (Å²) in [6.45, 7) is 1.95. The molecule has 1 saturated heterocycles. The number of rotatable bonds is 7. The summed E-state index contributed by atoms with van der Waals surface area (Å²) in [5, 5.41) is 13.8. The van der Waals surface area contributed by atoms with E-state index in [2.05, 4.69) is 43.1 Å². The van der Waals surface area contributed by atoms with Crippen LogP contribution in [0, 0.1) is 5.92 Å². The van der Waals surface area contributed by atoms with E-state index in [1.165, 1.54) is 17.2 Å². The number of aryl methyl sites for hydroxylation is 1. The predicted molar refractivity (Wildman–Crippen MR) is 136 cm³/mol. The first-order valence-corrected chi connectivity index (χ1v) is 14.3. The molecule has 10 heteroatoms. The fourth-order valence-electron chi connectivity index (χ4n) is 5.56. The Hall–Kier alpha value is -2.56. The van der Waals surface area contributed by atoms with Gasteiger partial charge in [0.15, 0.2) is 5.82 Å². The van der Waals surface area contributed by atoms with Gasteiger partial charge in [0.1, 0.15) is 0 Å². The maximum absolute atomic E-state index is 12.0. The molecule has 35 heavy (non-hydrogen) atoms. The minimum atomic E-state index is -3.29. The summed E-state index contributed by atoms with van der Waals surface area (Å²) in [6.07, 6.45) is 9.96. The van der Waals surface area contributed by atoms with Crippen LogP contribution in [0.15, 0.2) is 42.7 Å². The Morgan fingerprint density at radius 3 is 2.71 bits per heavy atom. The third kappa shape index (κ3) is 5.82. The Kier molecular flexibility index (Phi) is 7.04. The van der Waals surface area contributed by atoms with E-state index < -0.39 is 10.0 Å². The number of piperidine rings is 1. The second-order valence-electron chi connectivity index (χ2n) is 9.97. The lowest BCUT2D eigenvalue weighted by atomic mass is 9.82. The fourth-order valence-corrected chi connectivity index (χ4v) is 6.42. The van der Waals surface area contributed by atoms with Crippen LogP contribution >= 0.6 is 0 Å². The molecule has 1 aliphatic heterocycles. The van der Waals surface area contributed by atoms with E-state index in [4.69, 9.17) is 4.74 Å². The lowest BCUT2D eigenvalue weighted by Gasteiger charge is -2.39. The van der Waals surface area contributed by atoms with Gasteiger partial charge < -0.3 is 9.64 Å². The number of anilines is 1. The molecule has 0 radical (unpaired) electrons. The highest BCUT2D eigenvalue weighted by molar-refractivity contribution is 7.88. The maximum atomic E-state index is 12.0. The third-order valence-electron chi connectivity index (χ3n) is 7.44. The zero-order valence-electron chi connectivity index (χ0n) is 20.4. The van der Waals surface area contributed by atoms with E-state index in [1.54, 1.807) is 6.20 Å².